The largest absolute Gasteiger partial charge is 0.444 e. The molecule has 2 N–H and O–H groups in total. The number of alkyl carbamates (subject to hydrolysis) is 1. The van der Waals surface area contributed by atoms with Crippen LogP contribution in [-0.2, 0) is 14.8 Å². The summed E-state index contributed by atoms with van der Waals surface area (Å²) in [5, 5.41) is 12.9. The molecule has 9 heteroatoms. The van der Waals surface area contributed by atoms with Gasteiger partial charge < -0.3 is 15.2 Å². The Morgan fingerprint density at radius 2 is 1.92 bits per heavy atom. The molecule has 1 amide bonds. The number of rotatable bonds is 3. The van der Waals surface area contributed by atoms with Crippen LogP contribution in [0.4, 0.5) is 4.79 Å². The summed E-state index contributed by atoms with van der Waals surface area (Å²) in [5.41, 5.74) is -0.638. The summed E-state index contributed by atoms with van der Waals surface area (Å²) in [5.74, 6) is 0. The number of aliphatic hydroxyl groups excluding tert-OH is 1. The van der Waals surface area contributed by atoms with E-state index in [9.17, 15) is 18.3 Å². The zero-order chi connectivity index (χ0) is 18.8. The Kier molecular flexibility index (Phi) is 6.13. The number of hydrogen-bond acceptors (Lipinski definition) is 5. The van der Waals surface area contributed by atoms with E-state index in [4.69, 9.17) is 4.74 Å². The minimum atomic E-state index is -3.68. The van der Waals surface area contributed by atoms with Crippen molar-refractivity contribution in [2.24, 2.45) is 0 Å². The van der Waals surface area contributed by atoms with Crippen LogP contribution >= 0.6 is 15.9 Å². The van der Waals surface area contributed by atoms with Crippen molar-refractivity contribution in [2.45, 2.75) is 49.8 Å². The minimum Gasteiger partial charge on any atom is -0.444 e. The summed E-state index contributed by atoms with van der Waals surface area (Å²) >= 11 is 3.27. The van der Waals surface area contributed by atoms with Crippen LogP contribution in [-0.4, -0.2) is 54.8 Å². The number of β-amino-alcohol motifs (C(OH)–C–C–N with tert-alkyl or cyclic N) is 1. The van der Waals surface area contributed by atoms with Crippen LogP contribution in [0, 0.1) is 0 Å². The molecule has 1 aliphatic heterocycles. The fourth-order valence-electron chi connectivity index (χ4n) is 2.50. The highest BCUT2D eigenvalue weighted by molar-refractivity contribution is 9.10. The Morgan fingerprint density at radius 1 is 1.32 bits per heavy atom. The lowest BCUT2D eigenvalue weighted by atomic mass is 10.0. The van der Waals surface area contributed by atoms with Crippen molar-refractivity contribution in [3.63, 3.8) is 0 Å². The summed E-state index contributed by atoms with van der Waals surface area (Å²) in [4.78, 5) is 12.0. The average molecular weight is 435 g/mol. The van der Waals surface area contributed by atoms with Gasteiger partial charge in [-0.2, -0.15) is 4.31 Å². The molecule has 1 fully saturated rings. The molecule has 7 nitrogen and oxygen atoms in total. The van der Waals surface area contributed by atoms with Crippen LogP contribution < -0.4 is 5.32 Å². The van der Waals surface area contributed by atoms with Crippen LogP contribution in [0.3, 0.4) is 0 Å². The predicted octanol–water partition coefficient (Wildman–Crippen LogP) is 2.10. The van der Waals surface area contributed by atoms with E-state index in [1.165, 1.54) is 16.4 Å². The summed E-state index contributed by atoms with van der Waals surface area (Å²) in [6.45, 7) is 5.36. The monoisotopic (exact) mass is 434 g/mol. The highest BCUT2D eigenvalue weighted by Crippen LogP contribution is 2.23. The number of nitrogens with one attached hydrogen (secondary N) is 1. The lowest BCUT2D eigenvalue weighted by Gasteiger charge is -2.35. The van der Waals surface area contributed by atoms with Crippen molar-refractivity contribution in [3.8, 4) is 0 Å². The van der Waals surface area contributed by atoms with Crippen molar-refractivity contribution < 1.29 is 23.1 Å². The first kappa shape index (κ1) is 20.2. The van der Waals surface area contributed by atoms with E-state index in [2.05, 4.69) is 21.2 Å². The maximum atomic E-state index is 12.6. The van der Waals surface area contributed by atoms with Crippen LogP contribution in [0.15, 0.2) is 33.6 Å². The maximum Gasteiger partial charge on any atom is 0.407 e. The SMILES string of the molecule is CC(C)(C)OC(=O)N[C@@H]1CCN(S(=O)(=O)c2ccc(Br)cc2)C[C@@H]1O. The number of aliphatic hydroxyl groups is 1. The molecular weight excluding hydrogens is 412 g/mol. The summed E-state index contributed by atoms with van der Waals surface area (Å²) < 4.78 is 32.5. The van der Waals surface area contributed by atoms with E-state index in [0.717, 1.165) is 4.47 Å². The van der Waals surface area contributed by atoms with Gasteiger partial charge in [-0.05, 0) is 51.5 Å². The van der Waals surface area contributed by atoms with Gasteiger partial charge in [0.25, 0.3) is 0 Å². The first-order valence-electron chi connectivity index (χ1n) is 7.92. The third-order valence-electron chi connectivity index (χ3n) is 3.70. The molecule has 25 heavy (non-hydrogen) atoms. The fourth-order valence-corrected chi connectivity index (χ4v) is 4.24. The van der Waals surface area contributed by atoms with Gasteiger partial charge in [-0.1, -0.05) is 15.9 Å². The number of hydrogen-bond donors (Lipinski definition) is 2. The van der Waals surface area contributed by atoms with E-state index in [0.29, 0.717) is 6.42 Å². The van der Waals surface area contributed by atoms with E-state index in [1.54, 1.807) is 32.9 Å². The topological polar surface area (TPSA) is 95.9 Å². The molecule has 2 atom stereocenters. The second-order valence-corrected chi connectivity index (χ2v) is 9.78. The molecule has 2 rings (SSSR count). The molecule has 0 aromatic heterocycles. The number of benzene rings is 1. The maximum absolute atomic E-state index is 12.6. The molecule has 140 valence electrons. The van der Waals surface area contributed by atoms with E-state index >= 15 is 0 Å². The number of nitrogens with zero attached hydrogens (tertiary/aromatic N) is 1. The smallest absolute Gasteiger partial charge is 0.407 e. The van der Waals surface area contributed by atoms with Gasteiger partial charge in [-0.15, -0.1) is 0 Å². The van der Waals surface area contributed by atoms with Crippen molar-refractivity contribution >= 4 is 32.0 Å². The van der Waals surface area contributed by atoms with Crippen LogP contribution in [0.1, 0.15) is 27.2 Å². The third kappa shape index (κ3) is 5.40. The number of halogens is 1. The molecular formula is C16H23BrN2O5S. The Balaban J connectivity index is 2.01. The zero-order valence-corrected chi connectivity index (χ0v) is 16.8. The summed E-state index contributed by atoms with van der Waals surface area (Å²) in [6, 6.07) is 5.78. The second kappa shape index (κ2) is 7.61. The molecule has 0 saturated carbocycles. The Hall–Kier alpha value is -1.16. The van der Waals surface area contributed by atoms with Gasteiger partial charge in [-0.25, -0.2) is 13.2 Å². The molecule has 0 spiro atoms. The highest BCUT2D eigenvalue weighted by Gasteiger charge is 2.36. The van der Waals surface area contributed by atoms with Gasteiger partial charge in [0, 0.05) is 17.6 Å². The van der Waals surface area contributed by atoms with Crippen molar-refractivity contribution in [2.75, 3.05) is 13.1 Å². The van der Waals surface area contributed by atoms with Crippen molar-refractivity contribution in [3.05, 3.63) is 28.7 Å². The first-order valence-corrected chi connectivity index (χ1v) is 10.2. The Bertz CT molecular complexity index is 715. The molecule has 1 heterocycles. The lowest BCUT2D eigenvalue weighted by Crippen LogP contribution is -2.55. The van der Waals surface area contributed by atoms with Gasteiger partial charge in [-0.3, -0.25) is 0 Å². The first-order chi connectivity index (χ1) is 11.5. The van der Waals surface area contributed by atoms with Gasteiger partial charge in [0.15, 0.2) is 0 Å². The molecule has 1 aliphatic rings. The number of piperidine rings is 1. The molecule has 1 aromatic rings. The van der Waals surface area contributed by atoms with E-state index < -0.39 is 33.9 Å². The number of carbonyl (C=O) groups excluding carboxylic acids is 1. The number of ether oxygens (including phenoxy) is 1. The lowest BCUT2D eigenvalue weighted by molar-refractivity contribution is 0.0323. The standard InChI is InChI=1S/C16H23BrN2O5S/c1-16(2,3)24-15(21)18-13-8-9-19(10-14(13)20)25(22,23)12-6-4-11(17)5-7-12/h4-7,13-14,20H,8-10H2,1-3H3,(H,18,21)/t13-,14+/m1/s1. The molecule has 1 saturated heterocycles. The third-order valence-corrected chi connectivity index (χ3v) is 6.11. The van der Waals surface area contributed by atoms with Gasteiger partial charge in [0.1, 0.15) is 5.60 Å². The normalized spacial score (nSPS) is 22.4. The van der Waals surface area contributed by atoms with Crippen LogP contribution in [0.25, 0.3) is 0 Å². The quantitative estimate of drug-likeness (QED) is 0.758. The molecule has 0 aliphatic carbocycles. The highest BCUT2D eigenvalue weighted by atomic mass is 79.9. The molecule has 0 radical (unpaired) electrons. The predicted molar refractivity (Wildman–Crippen MR) is 96.7 cm³/mol. The fraction of sp³-hybridized carbons (Fsp3) is 0.562. The van der Waals surface area contributed by atoms with Crippen LogP contribution in [0.5, 0.6) is 0 Å². The number of amides is 1. The average Bonchev–Trinajstić information content (AvgIpc) is 2.47. The van der Waals surface area contributed by atoms with Crippen LogP contribution in [0.2, 0.25) is 0 Å². The molecule has 1 aromatic carbocycles. The number of carbonyl (C=O) groups is 1. The van der Waals surface area contributed by atoms with Gasteiger partial charge in [0.2, 0.25) is 10.0 Å². The number of sulfonamides is 1. The summed E-state index contributed by atoms with van der Waals surface area (Å²) in [6.07, 6.45) is -1.33. The molecule has 0 unspecified atom stereocenters. The van der Waals surface area contributed by atoms with E-state index in [1.807, 2.05) is 0 Å². The van der Waals surface area contributed by atoms with Gasteiger partial charge in [0.05, 0.1) is 17.0 Å². The van der Waals surface area contributed by atoms with Crippen molar-refractivity contribution in [1.82, 2.24) is 9.62 Å². The minimum absolute atomic E-state index is 0.0845. The zero-order valence-electron chi connectivity index (χ0n) is 14.4. The second-order valence-electron chi connectivity index (χ2n) is 6.93. The van der Waals surface area contributed by atoms with Crippen molar-refractivity contribution in [1.29, 1.82) is 0 Å². The Labute approximate surface area is 156 Å². The van der Waals surface area contributed by atoms with E-state index in [-0.39, 0.29) is 18.0 Å². The summed E-state index contributed by atoms with van der Waals surface area (Å²) in [7, 11) is -3.68. The molecule has 0 bridgehead atoms. The Morgan fingerprint density at radius 3 is 2.44 bits per heavy atom. The van der Waals surface area contributed by atoms with Gasteiger partial charge >= 0.3 is 6.09 Å².